The third-order valence-electron chi connectivity index (χ3n) is 2.97. The zero-order valence-corrected chi connectivity index (χ0v) is 11.5. The van der Waals surface area contributed by atoms with Crippen molar-refractivity contribution in [2.75, 3.05) is 0 Å². The van der Waals surface area contributed by atoms with Gasteiger partial charge in [-0.05, 0) is 36.8 Å². The summed E-state index contributed by atoms with van der Waals surface area (Å²) in [5.74, 6) is -0.296. The van der Waals surface area contributed by atoms with Gasteiger partial charge >= 0.3 is 12.0 Å². The number of carbonyl (C=O) groups excluding carboxylic acids is 1. The molecule has 0 bridgehead atoms. The molecule has 1 aromatic heterocycles. The lowest BCUT2D eigenvalue weighted by Gasteiger charge is -2.12. The van der Waals surface area contributed by atoms with Crippen LogP contribution in [0, 0.1) is 0 Å². The van der Waals surface area contributed by atoms with Gasteiger partial charge in [-0.3, -0.25) is 0 Å². The van der Waals surface area contributed by atoms with Crippen molar-refractivity contribution < 1.29 is 19.1 Å². The molecular formula is C15H16N2O4. The van der Waals surface area contributed by atoms with Crippen LogP contribution in [0.4, 0.5) is 4.79 Å². The fourth-order valence-corrected chi connectivity index (χ4v) is 1.80. The first kappa shape index (κ1) is 14.6. The first-order valence-corrected chi connectivity index (χ1v) is 6.46. The Hall–Kier alpha value is -2.76. The summed E-state index contributed by atoms with van der Waals surface area (Å²) in [5, 5.41) is 14.2. The number of aromatic carboxylic acids is 1. The molecule has 1 atom stereocenters. The largest absolute Gasteiger partial charge is 0.478 e. The summed E-state index contributed by atoms with van der Waals surface area (Å²) in [6.45, 7) is 2.14. The summed E-state index contributed by atoms with van der Waals surface area (Å²) in [6.07, 6.45) is 1.55. The molecule has 0 radical (unpaired) electrons. The van der Waals surface area contributed by atoms with Crippen LogP contribution in [-0.4, -0.2) is 17.1 Å². The third-order valence-corrected chi connectivity index (χ3v) is 2.97. The Bertz CT molecular complexity index is 605. The fraction of sp³-hybridized carbons (Fsp3) is 0.200. The topological polar surface area (TPSA) is 91.6 Å². The summed E-state index contributed by atoms with van der Waals surface area (Å²) in [4.78, 5) is 22.5. The first-order chi connectivity index (χ1) is 10.1. The minimum absolute atomic E-state index is 0.217. The minimum Gasteiger partial charge on any atom is -0.478 e. The van der Waals surface area contributed by atoms with Crippen LogP contribution >= 0.6 is 0 Å². The molecule has 21 heavy (non-hydrogen) atoms. The number of carboxylic acid groups (broad SMARTS) is 1. The predicted molar refractivity (Wildman–Crippen MR) is 75.9 cm³/mol. The van der Waals surface area contributed by atoms with Gasteiger partial charge in [0, 0.05) is 6.54 Å². The van der Waals surface area contributed by atoms with Crippen LogP contribution in [0.25, 0.3) is 0 Å². The zero-order chi connectivity index (χ0) is 15.2. The summed E-state index contributed by atoms with van der Waals surface area (Å²) in [6, 6.07) is 9.34. The van der Waals surface area contributed by atoms with Gasteiger partial charge in [0.15, 0.2) is 0 Å². The van der Waals surface area contributed by atoms with Gasteiger partial charge in [0.1, 0.15) is 5.76 Å². The summed E-state index contributed by atoms with van der Waals surface area (Å²) in [5.41, 5.74) is 1.04. The van der Waals surface area contributed by atoms with Crippen LogP contribution in [0.15, 0.2) is 47.1 Å². The highest BCUT2D eigenvalue weighted by molar-refractivity contribution is 5.87. The molecule has 2 rings (SSSR count). The van der Waals surface area contributed by atoms with Gasteiger partial charge in [-0.1, -0.05) is 12.1 Å². The number of urea groups is 1. The van der Waals surface area contributed by atoms with E-state index in [2.05, 4.69) is 10.6 Å². The number of carboxylic acids is 1. The molecule has 6 heteroatoms. The maximum absolute atomic E-state index is 11.7. The second-order valence-electron chi connectivity index (χ2n) is 4.57. The van der Waals surface area contributed by atoms with E-state index in [1.54, 1.807) is 30.5 Å². The average Bonchev–Trinajstić information content (AvgIpc) is 3.00. The molecule has 0 fully saturated rings. The molecule has 0 spiro atoms. The van der Waals surface area contributed by atoms with Crippen molar-refractivity contribution in [3.05, 3.63) is 59.5 Å². The fourth-order valence-electron chi connectivity index (χ4n) is 1.80. The van der Waals surface area contributed by atoms with Gasteiger partial charge in [0.25, 0.3) is 0 Å². The van der Waals surface area contributed by atoms with Crippen LogP contribution in [0.5, 0.6) is 0 Å². The van der Waals surface area contributed by atoms with Crippen molar-refractivity contribution >= 4 is 12.0 Å². The van der Waals surface area contributed by atoms with Gasteiger partial charge in [0.2, 0.25) is 0 Å². The molecule has 110 valence electrons. The van der Waals surface area contributed by atoms with Crippen molar-refractivity contribution in [2.45, 2.75) is 19.5 Å². The maximum Gasteiger partial charge on any atom is 0.335 e. The quantitative estimate of drug-likeness (QED) is 0.788. The van der Waals surface area contributed by atoms with Gasteiger partial charge in [-0.15, -0.1) is 0 Å². The second kappa shape index (κ2) is 6.60. The van der Waals surface area contributed by atoms with Crippen molar-refractivity contribution in [3.8, 4) is 0 Å². The third kappa shape index (κ3) is 4.10. The second-order valence-corrected chi connectivity index (χ2v) is 4.57. The van der Waals surface area contributed by atoms with E-state index in [-0.39, 0.29) is 17.6 Å². The van der Waals surface area contributed by atoms with Crippen molar-refractivity contribution in [1.29, 1.82) is 0 Å². The zero-order valence-electron chi connectivity index (χ0n) is 11.5. The van der Waals surface area contributed by atoms with E-state index >= 15 is 0 Å². The van der Waals surface area contributed by atoms with Crippen LogP contribution in [0.3, 0.4) is 0 Å². The predicted octanol–water partition coefficient (Wildman–Crippen LogP) is 2.54. The molecule has 1 aromatic carbocycles. The molecule has 1 unspecified atom stereocenters. The number of hydrogen-bond acceptors (Lipinski definition) is 3. The Labute approximate surface area is 121 Å². The van der Waals surface area contributed by atoms with Crippen molar-refractivity contribution in [2.24, 2.45) is 0 Å². The Morgan fingerprint density at radius 1 is 1.24 bits per heavy atom. The average molecular weight is 288 g/mol. The van der Waals surface area contributed by atoms with E-state index in [1.807, 2.05) is 6.92 Å². The van der Waals surface area contributed by atoms with E-state index in [0.29, 0.717) is 12.3 Å². The normalized spacial score (nSPS) is 11.7. The SMILES string of the molecule is CC(NC(=O)NCc1ccc(C(=O)O)cc1)c1ccco1. The molecule has 0 aliphatic heterocycles. The highest BCUT2D eigenvalue weighted by Gasteiger charge is 2.11. The van der Waals surface area contributed by atoms with Gasteiger partial charge < -0.3 is 20.2 Å². The van der Waals surface area contributed by atoms with Crippen LogP contribution in [0.1, 0.15) is 34.6 Å². The van der Waals surface area contributed by atoms with E-state index in [9.17, 15) is 9.59 Å². The molecular weight excluding hydrogens is 272 g/mol. The number of nitrogens with one attached hydrogen (secondary N) is 2. The van der Waals surface area contributed by atoms with Crippen LogP contribution < -0.4 is 10.6 Å². The molecule has 0 saturated heterocycles. The Morgan fingerprint density at radius 2 is 1.95 bits per heavy atom. The van der Waals surface area contributed by atoms with E-state index in [1.165, 1.54) is 12.1 Å². The van der Waals surface area contributed by atoms with Crippen LogP contribution in [-0.2, 0) is 6.54 Å². The summed E-state index contributed by atoms with van der Waals surface area (Å²) < 4.78 is 5.20. The van der Waals surface area contributed by atoms with E-state index in [4.69, 9.17) is 9.52 Å². The number of rotatable bonds is 5. The maximum atomic E-state index is 11.7. The highest BCUT2D eigenvalue weighted by atomic mass is 16.4. The summed E-state index contributed by atoms with van der Waals surface area (Å²) in [7, 11) is 0. The van der Waals surface area contributed by atoms with Crippen molar-refractivity contribution in [3.63, 3.8) is 0 Å². The smallest absolute Gasteiger partial charge is 0.335 e. The van der Waals surface area contributed by atoms with Crippen molar-refractivity contribution in [1.82, 2.24) is 10.6 Å². The number of carbonyl (C=O) groups is 2. The molecule has 3 N–H and O–H groups in total. The molecule has 1 heterocycles. The molecule has 2 amide bonds. The molecule has 6 nitrogen and oxygen atoms in total. The number of amides is 2. The van der Waals surface area contributed by atoms with Gasteiger partial charge in [-0.25, -0.2) is 9.59 Å². The van der Waals surface area contributed by atoms with Gasteiger partial charge in [-0.2, -0.15) is 0 Å². The number of furan rings is 1. The van der Waals surface area contributed by atoms with Gasteiger partial charge in [0.05, 0.1) is 17.9 Å². The lowest BCUT2D eigenvalue weighted by Crippen LogP contribution is -2.36. The minimum atomic E-state index is -0.973. The molecule has 2 aromatic rings. The summed E-state index contributed by atoms with van der Waals surface area (Å²) >= 11 is 0. The molecule has 0 saturated carbocycles. The molecule has 0 aliphatic rings. The van der Waals surface area contributed by atoms with Crippen LogP contribution in [0.2, 0.25) is 0 Å². The first-order valence-electron chi connectivity index (χ1n) is 6.46. The lowest BCUT2D eigenvalue weighted by atomic mass is 10.1. The standard InChI is InChI=1S/C15H16N2O4/c1-10(13-3-2-8-21-13)17-15(20)16-9-11-4-6-12(7-5-11)14(18)19/h2-8,10H,9H2,1H3,(H,18,19)(H2,16,17,20). The molecule has 0 aliphatic carbocycles. The van der Waals surface area contributed by atoms with E-state index in [0.717, 1.165) is 5.56 Å². The monoisotopic (exact) mass is 288 g/mol. The van der Waals surface area contributed by atoms with E-state index < -0.39 is 5.97 Å². The lowest BCUT2D eigenvalue weighted by molar-refractivity contribution is 0.0697. The Kier molecular flexibility index (Phi) is 4.61. The Morgan fingerprint density at radius 3 is 2.52 bits per heavy atom. The Balaban J connectivity index is 1.82. The number of hydrogen-bond donors (Lipinski definition) is 3. The number of benzene rings is 1. The highest BCUT2D eigenvalue weighted by Crippen LogP contribution is 2.11.